The molecular weight excluding hydrogens is 272 g/mol. The first kappa shape index (κ1) is 13.5. The van der Waals surface area contributed by atoms with Crippen LogP contribution in [0.3, 0.4) is 0 Å². The maximum atomic E-state index is 6.16. The standard InChI is InChI=1S/C16H17ClN2O/c1-2-20-15(12-8-9-12)16-18-13(10-14(17)19-16)11-6-4-3-5-7-11/h3-7,10,12,15H,2,8-9H2,1H3. The number of aromatic nitrogens is 2. The molecule has 104 valence electrons. The minimum Gasteiger partial charge on any atom is -0.370 e. The zero-order chi connectivity index (χ0) is 13.9. The van der Waals surface area contributed by atoms with E-state index in [9.17, 15) is 0 Å². The van der Waals surface area contributed by atoms with Crippen molar-refractivity contribution in [3.05, 3.63) is 47.4 Å². The Hall–Kier alpha value is -1.45. The molecule has 0 bridgehead atoms. The third-order valence-corrected chi connectivity index (χ3v) is 3.63. The quantitative estimate of drug-likeness (QED) is 0.770. The van der Waals surface area contributed by atoms with Gasteiger partial charge in [-0.2, -0.15) is 0 Å². The summed E-state index contributed by atoms with van der Waals surface area (Å²) in [5, 5.41) is 0.471. The number of halogens is 1. The second kappa shape index (κ2) is 5.90. The van der Waals surface area contributed by atoms with Crippen LogP contribution >= 0.6 is 11.6 Å². The average molecular weight is 289 g/mol. The first-order valence-electron chi connectivity index (χ1n) is 6.99. The zero-order valence-corrected chi connectivity index (χ0v) is 12.2. The highest BCUT2D eigenvalue weighted by molar-refractivity contribution is 6.29. The Morgan fingerprint density at radius 2 is 2.00 bits per heavy atom. The third-order valence-electron chi connectivity index (χ3n) is 3.43. The van der Waals surface area contributed by atoms with Crippen molar-refractivity contribution in [2.45, 2.75) is 25.9 Å². The van der Waals surface area contributed by atoms with Crippen molar-refractivity contribution >= 4 is 11.6 Å². The molecule has 0 radical (unpaired) electrons. The third kappa shape index (κ3) is 3.00. The van der Waals surface area contributed by atoms with Crippen molar-refractivity contribution in [2.24, 2.45) is 5.92 Å². The van der Waals surface area contributed by atoms with Gasteiger partial charge in [0.1, 0.15) is 11.3 Å². The van der Waals surface area contributed by atoms with Gasteiger partial charge in [0.05, 0.1) is 5.69 Å². The van der Waals surface area contributed by atoms with E-state index in [0.717, 1.165) is 11.3 Å². The highest BCUT2D eigenvalue weighted by Crippen LogP contribution is 2.42. The van der Waals surface area contributed by atoms with E-state index in [1.807, 2.05) is 37.3 Å². The van der Waals surface area contributed by atoms with Crippen molar-refractivity contribution in [3.63, 3.8) is 0 Å². The van der Waals surface area contributed by atoms with Crippen molar-refractivity contribution in [3.8, 4) is 11.3 Å². The summed E-state index contributed by atoms with van der Waals surface area (Å²) in [4.78, 5) is 9.03. The Balaban J connectivity index is 1.97. The van der Waals surface area contributed by atoms with Gasteiger partial charge in [-0.1, -0.05) is 41.9 Å². The molecule has 20 heavy (non-hydrogen) atoms. The second-order valence-electron chi connectivity index (χ2n) is 5.01. The molecule has 3 rings (SSSR count). The molecule has 0 amide bonds. The Labute approximate surface area is 124 Å². The monoisotopic (exact) mass is 288 g/mol. The summed E-state index contributed by atoms with van der Waals surface area (Å²) in [6.07, 6.45) is 2.34. The molecule has 4 heteroatoms. The van der Waals surface area contributed by atoms with Crippen molar-refractivity contribution in [1.29, 1.82) is 0 Å². The van der Waals surface area contributed by atoms with Crippen LogP contribution in [0.2, 0.25) is 5.15 Å². The lowest BCUT2D eigenvalue weighted by atomic mass is 10.1. The first-order chi connectivity index (χ1) is 9.78. The molecule has 0 N–H and O–H groups in total. The lowest BCUT2D eigenvalue weighted by Crippen LogP contribution is -2.11. The van der Waals surface area contributed by atoms with Crippen LogP contribution in [-0.4, -0.2) is 16.6 Å². The van der Waals surface area contributed by atoms with Crippen LogP contribution in [0.4, 0.5) is 0 Å². The van der Waals surface area contributed by atoms with Crippen LogP contribution in [0.25, 0.3) is 11.3 Å². The lowest BCUT2D eigenvalue weighted by Gasteiger charge is -2.16. The Morgan fingerprint density at radius 3 is 2.65 bits per heavy atom. The maximum absolute atomic E-state index is 6.16. The molecule has 1 aromatic heterocycles. The lowest BCUT2D eigenvalue weighted by molar-refractivity contribution is 0.0401. The highest BCUT2D eigenvalue weighted by Gasteiger charge is 2.35. The Morgan fingerprint density at radius 1 is 1.25 bits per heavy atom. The van der Waals surface area contributed by atoms with Gasteiger partial charge < -0.3 is 4.74 Å². The summed E-state index contributed by atoms with van der Waals surface area (Å²) >= 11 is 6.16. The normalized spacial score (nSPS) is 16.1. The summed E-state index contributed by atoms with van der Waals surface area (Å²) in [6.45, 7) is 2.66. The molecule has 1 fully saturated rings. The van der Waals surface area contributed by atoms with Crippen LogP contribution in [0.5, 0.6) is 0 Å². The predicted octanol–water partition coefficient (Wildman–Crippen LogP) is 4.28. The first-order valence-corrected chi connectivity index (χ1v) is 7.37. The molecule has 1 heterocycles. The zero-order valence-electron chi connectivity index (χ0n) is 11.4. The van der Waals surface area contributed by atoms with Gasteiger partial charge in [-0.05, 0) is 25.7 Å². The minimum atomic E-state index is -0.0267. The molecule has 1 aliphatic rings. The van der Waals surface area contributed by atoms with Crippen molar-refractivity contribution in [1.82, 2.24) is 9.97 Å². The minimum absolute atomic E-state index is 0.0267. The number of hydrogen-bond donors (Lipinski definition) is 0. The molecule has 1 aliphatic carbocycles. The van der Waals surface area contributed by atoms with Gasteiger partial charge >= 0.3 is 0 Å². The van der Waals surface area contributed by atoms with E-state index >= 15 is 0 Å². The number of benzene rings is 1. The molecule has 2 aromatic rings. The van der Waals surface area contributed by atoms with E-state index in [1.54, 1.807) is 6.07 Å². The van der Waals surface area contributed by atoms with Crippen molar-refractivity contribution < 1.29 is 4.74 Å². The summed E-state index contributed by atoms with van der Waals surface area (Å²) in [5.74, 6) is 1.25. The molecule has 1 aromatic carbocycles. The molecule has 1 atom stereocenters. The fourth-order valence-electron chi connectivity index (χ4n) is 2.32. The van der Waals surface area contributed by atoms with E-state index < -0.39 is 0 Å². The molecule has 0 aliphatic heterocycles. The maximum Gasteiger partial charge on any atom is 0.159 e. The molecular formula is C16H17ClN2O. The molecule has 0 spiro atoms. The van der Waals surface area contributed by atoms with Crippen molar-refractivity contribution in [2.75, 3.05) is 6.61 Å². The van der Waals surface area contributed by atoms with Gasteiger partial charge in [0.25, 0.3) is 0 Å². The predicted molar refractivity (Wildman–Crippen MR) is 79.6 cm³/mol. The van der Waals surface area contributed by atoms with E-state index in [2.05, 4.69) is 9.97 Å². The number of hydrogen-bond acceptors (Lipinski definition) is 3. The van der Waals surface area contributed by atoms with Crippen LogP contribution in [-0.2, 0) is 4.74 Å². The van der Waals surface area contributed by atoms with Gasteiger partial charge in [-0.3, -0.25) is 0 Å². The Kier molecular flexibility index (Phi) is 3.99. The van der Waals surface area contributed by atoms with Crippen LogP contribution < -0.4 is 0 Å². The fourth-order valence-corrected chi connectivity index (χ4v) is 2.51. The van der Waals surface area contributed by atoms with Gasteiger partial charge in [-0.15, -0.1) is 0 Å². The van der Waals surface area contributed by atoms with Crippen LogP contribution in [0, 0.1) is 5.92 Å². The topological polar surface area (TPSA) is 35.0 Å². The molecule has 0 saturated heterocycles. The summed E-state index contributed by atoms with van der Waals surface area (Å²) in [7, 11) is 0. The number of nitrogens with zero attached hydrogens (tertiary/aromatic N) is 2. The molecule has 1 unspecified atom stereocenters. The van der Waals surface area contributed by atoms with E-state index in [1.165, 1.54) is 12.8 Å². The number of rotatable bonds is 5. The summed E-state index contributed by atoms with van der Waals surface area (Å²) in [6, 6.07) is 11.8. The number of ether oxygens (including phenoxy) is 1. The smallest absolute Gasteiger partial charge is 0.159 e. The SMILES string of the molecule is CCOC(c1nc(Cl)cc(-c2ccccc2)n1)C1CC1. The van der Waals surface area contributed by atoms with Gasteiger partial charge in [0.2, 0.25) is 0 Å². The molecule has 1 saturated carbocycles. The Bertz CT molecular complexity index is 584. The second-order valence-corrected chi connectivity index (χ2v) is 5.40. The van der Waals surface area contributed by atoms with Crippen LogP contribution in [0.1, 0.15) is 31.7 Å². The average Bonchev–Trinajstić information content (AvgIpc) is 3.29. The van der Waals surface area contributed by atoms with Crippen LogP contribution in [0.15, 0.2) is 36.4 Å². The van der Waals surface area contributed by atoms with Gasteiger partial charge in [-0.25, -0.2) is 9.97 Å². The van der Waals surface area contributed by atoms with Gasteiger partial charge in [0, 0.05) is 18.2 Å². The van der Waals surface area contributed by atoms with Gasteiger partial charge in [0.15, 0.2) is 5.82 Å². The summed E-state index contributed by atoms with van der Waals surface area (Å²) in [5.41, 5.74) is 1.90. The molecule has 3 nitrogen and oxygen atoms in total. The van der Waals surface area contributed by atoms with E-state index in [4.69, 9.17) is 16.3 Å². The van der Waals surface area contributed by atoms with E-state index in [-0.39, 0.29) is 6.10 Å². The summed E-state index contributed by atoms with van der Waals surface area (Å²) < 4.78 is 5.81. The largest absolute Gasteiger partial charge is 0.370 e. The highest BCUT2D eigenvalue weighted by atomic mass is 35.5. The fraction of sp³-hybridized carbons (Fsp3) is 0.375. The van der Waals surface area contributed by atoms with E-state index in [0.29, 0.717) is 23.5 Å².